The number of aromatic nitrogens is 1. The van der Waals surface area contributed by atoms with Gasteiger partial charge in [0.05, 0.1) is 17.2 Å². The first kappa shape index (κ1) is 12.9. The fourth-order valence-corrected chi connectivity index (χ4v) is 2.30. The normalized spacial score (nSPS) is 16.1. The zero-order chi connectivity index (χ0) is 14.1. The second kappa shape index (κ2) is 5.09. The predicted octanol–water partition coefficient (Wildman–Crippen LogP) is 2.12. The first-order valence-electron chi connectivity index (χ1n) is 6.70. The fraction of sp³-hybridized carbons (Fsp3) is 0.333. The number of carboxylic acids is 1. The molecule has 0 saturated heterocycles. The summed E-state index contributed by atoms with van der Waals surface area (Å²) in [5.41, 5.74) is 0.856. The molecule has 0 radical (unpaired) electrons. The van der Waals surface area contributed by atoms with Crippen LogP contribution in [0.3, 0.4) is 0 Å². The molecule has 5 heteroatoms. The van der Waals surface area contributed by atoms with Gasteiger partial charge in [0.1, 0.15) is 5.82 Å². The highest BCUT2D eigenvalue weighted by Crippen LogP contribution is 2.32. The Morgan fingerprint density at radius 2 is 2.15 bits per heavy atom. The van der Waals surface area contributed by atoms with Crippen molar-refractivity contribution < 1.29 is 15.0 Å². The van der Waals surface area contributed by atoms with Crippen molar-refractivity contribution in [3.8, 4) is 0 Å². The van der Waals surface area contributed by atoms with Gasteiger partial charge < -0.3 is 15.5 Å². The molecule has 1 aliphatic carbocycles. The minimum atomic E-state index is -0.977. The van der Waals surface area contributed by atoms with Crippen LogP contribution in [0.4, 0.5) is 5.82 Å². The van der Waals surface area contributed by atoms with Crippen molar-refractivity contribution in [2.45, 2.75) is 18.9 Å². The van der Waals surface area contributed by atoms with Crippen LogP contribution in [0, 0.1) is 5.92 Å². The first-order valence-corrected chi connectivity index (χ1v) is 6.70. The number of aliphatic hydroxyl groups is 1. The van der Waals surface area contributed by atoms with Crippen molar-refractivity contribution in [3.05, 3.63) is 35.9 Å². The molecule has 1 aromatic carbocycles. The number of nitrogens with one attached hydrogen (secondary N) is 1. The molecular weight excluding hydrogens is 256 g/mol. The predicted molar refractivity (Wildman–Crippen MR) is 75.9 cm³/mol. The molecule has 0 amide bonds. The van der Waals surface area contributed by atoms with E-state index >= 15 is 0 Å². The number of hydrogen-bond donors (Lipinski definition) is 3. The van der Waals surface area contributed by atoms with Gasteiger partial charge in [-0.2, -0.15) is 0 Å². The molecule has 1 heterocycles. The van der Waals surface area contributed by atoms with Crippen LogP contribution in [0.25, 0.3) is 10.9 Å². The molecule has 1 saturated carbocycles. The topological polar surface area (TPSA) is 82.5 Å². The number of para-hydroxylation sites is 1. The van der Waals surface area contributed by atoms with E-state index in [1.54, 1.807) is 18.2 Å². The number of aromatic carboxylic acids is 1. The van der Waals surface area contributed by atoms with Gasteiger partial charge in [-0.05, 0) is 30.9 Å². The SMILES string of the molecule is O=C(O)c1cc(NCC(O)C2CC2)nc2ccccc12. The summed E-state index contributed by atoms with van der Waals surface area (Å²) in [5, 5.41) is 22.8. The van der Waals surface area contributed by atoms with Crippen molar-refractivity contribution >= 4 is 22.7 Å². The highest BCUT2D eigenvalue weighted by Gasteiger charge is 2.29. The van der Waals surface area contributed by atoms with E-state index in [0.29, 0.717) is 29.2 Å². The van der Waals surface area contributed by atoms with E-state index < -0.39 is 12.1 Å². The number of fused-ring (bicyclic) bond motifs is 1. The highest BCUT2D eigenvalue weighted by atomic mass is 16.4. The largest absolute Gasteiger partial charge is 0.478 e. The third-order valence-corrected chi connectivity index (χ3v) is 3.61. The Kier molecular flexibility index (Phi) is 3.28. The standard InChI is InChI=1S/C15H16N2O3/c18-13(9-5-6-9)8-16-14-7-11(15(19)20)10-3-1-2-4-12(10)17-14/h1-4,7,9,13,18H,5-6,8H2,(H,16,17)(H,19,20). The maximum atomic E-state index is 11.3. The Balaban J connectivity index is 1.88. The van der Waals surface area contributed by atoms with Crippen molar-refractivity contribution in [2.24, 2.45) is 5.92 Å². The molecule has 2 aromatic rings. The molecule has 1 fully saturated rings. The van der Waals surface area contributed by atoms with Gasteiger partial charge in [-0.25, -0.2) is 9.78 Å². The van der Waals surface area contributed by atoms with Crippen LogP contribution < -0.4 is 5.32 Å². The van der Waals surface area contributed by atoms with Crippen LogP contribution in [0.15, 0.2) is 30.3 Å². The second-order valence-electron chi connectivity index (χ2n) is 5.16. The van der Waals surface area contributed by atoms with Gasteiger partial charge in [-0.1, -0.05) is 18.2 Å². The average Bonchev–Trinajstić information content (AvgIpc) is 3.28. The lowest BCUT2D eigenvalue weighted by atomic mass is 10.1. The number of carboxylic acid groups (broad SMARTS) is 1. The van der Waals surface area contributed by atoms with Crippen LogP contribution in [0.2, 0.25) is 0 Å². The lowest BCUT2D eigenvalue weighted by Gasteiger charge is -2.12. The number of hydrogen-bond acceptors (Lipinski definition) is 4. The molecule has 3 rings (SSSR count). The molecular formula is C15H16N2O3. The van der Waals surface area contributed by atoms with Crippen LogP contribution in [0.1, 0.15) is 23.2 Å². The third kappa shape index (κ3) is 2.58. The van der Waals surface area contributed by atoms with E-state index in [9.17, 15) is 15.0 Å². The minimum absolute atomic E-state index is 0.221. The Hall–Kier alpha value is -2.14. The van der Waals surface area contributed by atoms with Gasteiger partial charge in [-0.3, -0.25) is 0 Å². The molecule has 5 nitrogen and oxygen atoms in total. The quantitative estimate of drug-likeness (QED) is 0.776. The number of rotatable bonds is 5. The maximum Gasteiger partial charge on any atom is 0.336 e. The van der Waals surface area contributed by atoms with Crippen LogP contribution in [-0.4, -0.2) is 33.8 Å². The molecule has 1 atom stereocenters. The van der Waals surface area contributed by atoms with E-state index in [1.165, 1.54) is 6.07 Å². The number of anilines is 1. The zero-order valence-electron chi connectivity index (χ0n) is 10.9. The second-order valence-corrected chi connectivity index (χ2v) is 5.16. The Morgan fingerprint density at radius 1 is 1.40 bits per heavy atom. The van der Waals surface area contributed by atoms with Gasteiger partial charge in [0, 0.05) is 11.9 Å². The molecule has 104 valence electrons. The van der Waals surface area contributed by atoms with Gasteiger partial charge in [-0.15, -0.1) is 0 Å². The molecule has 1 unspecified atom stereocenters. The van der Waals surface area contributed by atoms with E-state index in [4.69, 9.17) is 0 Å². The average molecular weight is 272 g/mol. The molecule has 0 bridgehead atoms. The summed E-state index contributed by atoms with van der Waals surface area (Å²) in [6.45, 7) is 0.398. The van der Waals surface area contributed by atoms with E-state index in [1.807, 2.05) is 6.07 Å². The van der Waals surface area contributed by atoms with Gasteiger partial charge in [0.25, 0.3) is 0 Å². The van der Waals surface area contributed by atoms with Gasteiger partial charge in [0.15, 0.2) is 0 Å². The zero-order valence-corrected chi connectivity index (χ0v) is 10.9. The number of pyridine rings is 1. The number of carbonyl (C=O) groups is 1. The summed E-state index contributed by atoms with van der Waals surface area (Å²) in [7, 11) is 0. The van der Waals surface area contributed by atoms with Crippen LogP contribution in [-0.2, 0) is 0 Å². The highest BCUT2D eigenvalue weighted by molar-refractivity contribution is 6.03. The molecule has 3 N–H and O–H groups in total. The smallest absolute Gasteiger partial charge is 0.336 e. The van der Waals surface area contributed by atoms with Crippen LogP contribution in [0.5, 0.6) is 0 Å². The number of nitrogens with zero attached hydrogens (tertiary/aromatic N) is 1. The molecule has 1 aromatic heterocycles. The van der Waals surface area contributed by atoms with E-state index in [2.05, 4.69) is 10.3 Å². The van der Waals surface area contributed by atoms with Gasteiger partial charge >= 0.3 is 5.97 Å². The monoisotopic (exact) mass is 272 g/mol. The molecule has 0 aliphatic heterocycles. The lowest BCUT2D eigenvalue weighted by Crippen LogP contribution is -2.22. The summed E-state index contributed by atoms with van der Waals surface area (Å²) >= 11 is 0. The third-order valence-electron chi connectivity index (χ3n) is 3.61. The van der Waals surface area contributed by atoms with Crippen molar-refractivity contribution in [3.63, 3.8) is 0 Å². The van der Waals surface area contributed by atoms with Crippen molar-refractivity contribution in [1.82, 2.24) is 4.98 Å². The van der Waals surface area contributed by atoms with E-state index in [0.717, 1.165) is 12.8 Å². The summed E-state index contributed by atoms with van der Waals surface area (Å²) in [6.07, 6.45) is 1.74. The number of aliphatic hydroxyl groups excluding tert-OH is 1. The first-order chi connectivity index (χ1) is 9.65. The minimum Gasteiger partial charge on any atom is -0.478 e. The molecule has 20 heavy (non-hydrogen) atoms. The van der Waals surface area contributed by atoms with Crippen molar-refractivity contribution in [1.29, 1.82) is 0 Å². The summed E-state index contributed by atoms with van der Waals surface area (Å²) in [4.78, 5) is 15.7. The molecule has 0 spiro atoms. The Morgan fingerprint density at radius 3 is 2.85 bits per heavy atom. The maximum absolute atomic E-state index is 11.3. The summed E-state index contributed by atoms with van der Waals surface area (Å²) in [6, 6.07) is 8.66. The fourth-order valence-electron chi connectivity index (χ4n) is 2.30. The lowest BCUT2D eigenvalue weighted by molar-refractivity contribution is 0.0699. The number of benzene rings is 1. The summed E-state index contributed by atoms with van der Waals surface area (Å²) < 4.78 is 0. The Bertz CT molecular complexity index is 653. The van der Waals surface area contributed by atoms with E-state index in [-0.39, 0.29) is 5.56 Å². The van der Waals surface area contributed by atoms with Crippen LogP contribution >= 0.6 is 0 Å². The van der Waals surface area contributed by atoms with Gasteiger partial charge in [0.2, 0.25) is 0 Å². The Labute approximate surface area is 116 Å². The summed E-state index contributed by atoms with van der Waals surface area (Å²) in [5.74, 6) is -0.114. The van der Waals surface area contributed by atoms with Crippen molar-refractivity contribution in [2.75, 3.05) is 11.9 Å². The molecule has 1 aliphatic rings.